The summed E-state index contributed by atoms with van der Waals surface area (Å²) in [5, 5.41) is 5.29. The summed E-state index contributed by atoms with van der Waals surface area (Å²) >= 11 is 1.94. The summed E-state index contributed by atoms with van der Waals surface area (Å²) < 4.78 is 0. The zero-order valence-corrected chi connectivity index (χ0v) is 11.1. The predicted molar refractivity (Wildman–Crippen MR) is 70.1 cm³/mol. The van der Waals surface area contributed by atoms with E-state index in [-0.39, 0.29) is 0 Å². The van der Waals surface area contributed by atoms with E-state index in [2.05, 4.69) is 43.3 Å². The predicted octanol–water partition coefficient (Wildman–Crippen LogP) is 2.93. The summed E-state index contributed by atoms with van der Waals surface area (Å²) in [6.45, 7) is 4.21. The molecule has 0 bridgehead atoms. The van der Waals surface area contributed by atoms with Gasteiger partial charge in [-0.1, -0.05) is 6.42 Å². The molecular weight excluding hydrogens is 216 g/mol. The Hall–Kier alpha value is -0.540. The number of hydrogen-bond donors (Lipinski definition) is 1. The van der Waals surface area contributed by atoms with Crippen LogP contribution in [0.2, 0.25) is 0 Å². The summed E-state index contributed by atoms with van der Waals surface area (Å²) in [6.07, 6.45) is 3.96. The van der Waals surface area contributed by atoms with Crippen molar-refractivity contribution in [2.24, 2.45) is 0 Å². The third-order valence-corrected chi connectivity index (χ3v) is 4.49. The first-order valence-corrected chi connectivity index (χ1v) is 6.86. The zero-order valence-electron chi connectivity index (χ0n) is 10.3. The van der Waals surface area contributed by atoms with Crippen LogP contribution < -0.4 is 5.32 Å². The van der Waals surface area contributed by atoms with E-state index in [1.54, 1.807) is 0 Å². The number of nitrogens with one attached hydrogen (secondary N) is 1. The first-order valence-electron chi connectivity index (χ1n) is 5.98. The molecule has 1 aromatic heterocycles. The quantitative estimate of drug-likeness (QED) is 0.873. The highest BCUT2D eigenvalue weighted by molar-refractivity contribution is 7.99. The lowest BCUT2D eigenvalue weighted by Gasteiger charge is -2.18. The van der Waals surface area contributed by atoms with Crippen molar-refractivity contribution in [3.8, 4) is 0 Å². The minimum Gasteiger partial charge on any atom is -0.316 e. The molecule has 0 aromatic carbocycles. The van der Waals surface area contributed by atoms with Gasteiger partial charge >= 0.3 is 0 Å². The van der Waals surface area contributed by atoms with Gasteiger partial charge in [-0.2, -0.15) is 0 Å². The molecule has 88 valence electrons. The van der Waals surface area contributed by atoms with Crippen LogP contribution in [0.15, 0.2) is 17.2 Å². The molecule has 2 rings (SSSR count). The second-order valence-corrected chi connectivity index (χ2v) is 5.87. The molecule has 0 saturated heterocycles. The maximum absolute atomic E-state index is 4.60. The number of hydrogen-bond acceptors (Lipinski definition) is 3. The molecule has 1 fully saturated rings. The Morgan fingerprint density at radius 3 is 2.81 bits per heavy atom. The van der Waals surface area contributed by atoms with Crippen LogP contribution in [-0.2, 0) is 0 Å². The third kappa shape index (κ3) is 2.77. The van der Waals surface area contributed by atoms with Gasteiger partial charge in [0.05, 0.1) is 5.03 Å². The maximum atomic E-state index is 4.60. The van der Waals surface area contributed by atoms with Crippen LogP contribution in [0.5, 0.6) is 0 Å². The van der Waals surface area contributed by atoms with Crippen molar-refractivity contribution in [3.05, 3.63) is 23.4 Å². The topological polar surface area (TPSA) is 24.9 Å². The van der Waals surface area contributed by atoms with Crippen molar-refractivity contribution in [1.29, 1.82) is 0 Å². The Balaban J connectivity index is 2.08. The van der Waals surface area contributed by atoms with Gasteiger partial charge in [0, 0.05) is 17.0 Å². The van der Waals surface area contributed by atoms with Crippen molar-refractivity contribution in [2.45, 2.75) is 49.4 Å². The van der Waals surface area contributed by atoms with Crippen molar-refractivity contribution < 1.29 is 0 Å². The molecule has 1 saturated carbocycles. The standard InChI is InChI=1S/C13H20N2S/c1-9-7-10(2)15-13(8-9)16-12-6-4-5-11(12)14-3/h7-8,11-12,14H,4-6H2,1-3H3. The van der Waals surface area contributed by atoms with E-state index in [0.717, 1.165) is 5.69 Å². The summed E-state index contributed by atoms with van der Waals surface area (Å²) in [6, 6.07) is 4.99. The molecule has 16 heavy (non-hydrogen) atoms. The molecule has 1 aliphatic rings. The molecule has 3 heteroatoms. The van der Waals surface area contributed by atoms with Gasteiger partial charge in [0.2, 0.25) is 0 Å². The largest absolute Gasteiger partial charge is 0.316 e. The van der Waals surface area contributed by atoms with Crippen LogP contribution in [0.1, 0.15) is 30.5 Å². The molecule has 2 atom stereocenters. The fraction of sp³-hybridized carbons (Fsp3) is 0.615. The van der Waals surface area contributed by atoms with Crippen LogP contribution >= 0.6 is 11.8 Å². The van der Waals surface area contributed by atoms with Crippen LogP contribution in [0.4, 0.5) is 0 Å². The molecule has 1 aromatic rings. The average molecular weight is 236 g/mol. The van der Waals surface area contributed by atoms with Gasteiger partial charge in [0.1, 0.15) is 0 Å². The molecule has 2 unspecified atom stereocenters. The average Bonchev–Trinajstić information content (AvgIpc) is 2.63. The van der Waals surface area contributed by atoms with E-state index in [0.29, 0.717) is 11.3 Å². The normalized spacial score (nSPS) is 24.9. The lowest BCUT2D eigenvalue weighted by Crippen LogP contribution is -2.30. The minimum absolute atomic E-state index is 0.660. The van der Waals surface area contributed by atoms with Gasteiger partial charge in [0.15, 0.2) is 0 Å². The fourth-order valence-electron chi connectivity index (χ4n) is 2.42. The van der Waals surface area contributed by atoms with E-state index in [1.165, 1.54) is 29.9 Å². The number of rotatable bonds is 3. The molecule has 0 aliphatic heterocycles. The summed E-state index contributed by atoms with van der Waals surface area (Å²) in [7, 11) is 2.07. The highest BCUT2D eigenvalue weighted by Crippen LogP contribution is 2.34. The summed E-state index contributed by atoms with van der Waals surface area (Å²) in [5.41, 5.74) is 2.44. The van der Waals surface area contributed by atoms with Gasteiger partial charge in [0.25, 0.3) is 0 Å². The SMILES string of the molecule is CNC1CCCC1Sc1cc(C)cc(C)n1. The lowest BCUT2D eigenvalue weighted by atomic mass is 10.2. The molecular formula is C13H20N2S. The maximum Gasteiger partial charge on any atom is 0.0968 e. The van der Waals surface area contributed by atoms with Gasteiger partial charge < -0.3 is 5.32 Å². The monoisotopic (exact) mass is 236 g/mol. The second kappa shape index (κ2) is 5.19. The second-order valence-electron chi connectivity index (χ2n) is 4.61. The molecule has 1 N–H and O–H groups in total. The van der Waals surface area contributed by atoms with Crippen molar-refractivity contribution in [2.75, 3.05) is 7.05 Å². The van der Waals surface area contributed by atoms with E-state index in [1.807, 2.05) is 11.8 Å². The lowest BCUT2D eigenvalue weighted by molar-refractivity contribution is 0.591. The summed E-state index contributed by atoms with van der Waals surface area (Å²) in [5.74, 6) is 0. The summed E-state index contributed by atoms with van der Waals surface area (Å²) in [4.78, 5) is 4.60. The Labute approximate surface area is 102 Å². The van der Waals surface area contributed by atoms with Gasteiger partial charge in [-0.15, -0.1) is 11.8 Å². The Bertz CT molecular complexity index is 345. The highest BCUT2D eigenvalue weighted by Gasteiger charge is 2.27. The number of pyridine rings is 1. The third-order valence-electron chi connectivity index (χ3n) is 3.17. The Morgan fingerprint density at radius 1 is 1.31 bits per heavy atom. The minimum atomic E-state index is 0.660. The van der Waals surface area contributed by atoms with Gasteiger partial charge in [-0.05, 0) is 51.4 Å². The molecule has 0 radical (unpaired) electrons. The first-order chi connectivity index (χ1) is 7.69. The Morgan fingerprint density at radius 2 is 2.12 bits per heavy atom. The van der Waals surface area contributed by atoms with Crippen LogP contribution in [0, 0.1) is 13.8 Å². The Kier molecular flexibility index (Phi) is 3.87. The van der Waals surface area contributed by atoms with Gasteiger partial charge in [-0.25, -0.2) is 4.98 Å². The van der Waals surface area contributed by atoms with E-state index < -0.39 is 0 Å². The molecule has 0 spiro atoms. The van der Waals surface area contributed by atoms with Crippen molar-refractivity contribution in [3.63, 3.8) is 0 Å². The zero-order chi connectivity index (χ0) is 11.5. The van der Waals surface area contributed by atoms with Crippen LogP contribution in [-0.4, -0.2) is 23.3 Å². The number of aryl methyl sites for hydroxylation is 2. The van der Waals surface area contributed by atoms with E-state index in [9.17, 15) is 0 Å². The fourth-order valence-corrected chi connectivity index (χ4v) is 3.90. The van der Waals surface area contributed by atoms with Crippen LogP contribution in [0.25, 0.3) is 0 Å². The van der Waals surface area contributed by atoms with Crippen LogP contribution in [0.3, 0.4) is 0 Å². The molecule has 2 nitrogen and oxygen atoms in total. The van der Waals surface area contributed by atoms with Crippen molar-refractivity contribution in [1.82, 2.24) is 10.3 Å². The van der Waals surface area contributed by atoms with Gasteiger partial charge in [-0.3, -0.25) is 0 Å². The number of nitrogens with zero attached hydrogens (tertiary/aromatic N) is 1. The number of aromatic nitrogens is 1. The first kappa shape index (κ1) is 11.9. The number of thioether (sulfide) groups is 1. The van der Waals surface area contributed by atoms with Crippen molar-refractivity contribution >= 4 is 11.8 Å². The van der Waals surface area contributed by atoms with E-state index >= 15 is 0 Å². The van der Waals surface area contributed by atoms with E-state index in [4.69, 9.17) is 0 Å². The smallest absolute Gasteiger partial charge is 0.0968 e. The molecule has 0 amide bonds. The molecule has 1 aliphatic carbocycles. The molecule has 1 heterocycles. The highest BCUT2D eigenvalue weighted by atomic mass is 32.2.